The van der Waals surface area contributed by atoms with Crippen molar-refractivity contribution in [3.05, 3.63) is 39.0 Å². The number of rotatable bonds is 0. The summed E-state index contributed by atoms with van der Waals surface area (Å²) in [5, 5.41) is 1.97. The van der Waals surface area contributed by atoms with Gasteiger partial charge in [0.15, 0.2) is 0 Å². The molecule has 82 valence electrons. The van der Waals surface area contributed by atoms with Crippen LogP contribution in [0.15, 0.2) is 22.7 Å². The molecule has 3 rings (SSSR count). The van der Waals surface area contributed by atoms with Crippen LogP contribution in [0.2, 0.25) is 5.02 Å². The summed E-state index contributed by atoms with van der Waals surface area (Å²) in [6.45, 7) is 0. The van der Waals surface area contributed by atoms with Gasteiger partial charge in [-0.3, -0.25) is 4.98 Å². The van der Waals surface area contributed by atoms with Crippen molar-refractivity contribution >= 4 is 38.4 Å². The van der Waals surface area contributed by atoms with Gasteiger partial charge in [0.2, 0.25) is 0 Å². The maximum Gasteiger partial charge on any atom is 0.0721 e. The van der Waals surface area contributed by atoms with E-state index < -0.39 is 0 Å². The summed E-state index contributed by atoms with van der Waals surface area (Å²) < 4.78 is 1.06. The van der Waals surface area contributed by atoms with Gasteiger partial charge in [-0.1, -0.05) is 27.5 Å². The number of hydrogen-bond donors (Lipinski definition) is 0. The van der Waals surface area contributed by atoms with Gasteiger partial charge in [-0.25, -0.2) is 0 Å². The van der Waals surface area contributed by atoms with E-state index in [1.54, 1.807) is 0 Å². The van der Waals surface area contributed by atoms with Gasteiger partial charge >= 0.3 is 0 Å². The fourth-order valence-electron chi connectivity index (χ4n) is 2.34. The van der Waals surface area contributed by atoms with Gasteiger partial charge in [-0.05, 0) is 49.4 Å². The Kier molecular flexibility index (Phi) is 2.64. The molecular weight excluding hydrogens is 286 g/mol. The van der Waals surface area contributed by atoms with Crippen LogP contribution < -0.4 is 0 Å². The Hall–Kier alpha value is -0.600. The van der Waals surface area contributed by atoms with Crippen molar-refractivity contribution in [1.82, 2.24) is 4.98 Å². The molecule has 3 heteroatoms. The second-order valence-electron chi connectivity index (χ2n) is 4.22. The molecule has 0 unspecified atom stereocenters. The molecule has 1 aromatic carbocycles. The quantitative estimate of drug-likeness (QED) is 0.696. The van der Waals surface area contributed by atoms with Crippen LogP contribution in [0.25, 0.3) is 10.9 Å². The lowest BCUT2D eigenvalue weighted by atomic mass is 9.94. The minimum absolute atomic E-state index is 0.904. The largest absolute Gasteiger partial charge is 0.252 e. The first-order chi connectivity index (χ1) is 7.75. The van der Waals surface area contributed by atoms with Crippen LogP contribution in [0, 0.1) is 0 Å². The molecule has 0 aliphatic heterocycles. The third-order valence-corrected chi connectivity index (χ3v) is 4.08. The van der Waals surface area contributed by atoms with Crippen LogP contribution in [-0.4, -0.2) is 4.98 Å². The lowest BCUT2D eigenvalue weighted by molar-refractivity contribution is 0.671. The van der Waals surface area contributed by atoms with E-state index in [0.717, 1.165) is 33.2 Å². The average Bonchev–Trinajstić information content (AvgIpc) is 2.31. The van der Waals surface area contributed by atoms with Crippen LogP contribution in [0.5, 0.6) is 0 Å². The zero-order valence-corrected chi connectivity index (χ0v) is 11.1. The van der Waals surface area contributed by atoms with Crippen molar-refractivity contribution in [3.8, 4) is 0 Å². The Morgan fingerprint density at radius 2 is 2.00 bits per heavy atom. The van der Waals surface area contributed by atoms with Gasteiger partial charge in [0, 0.05) is 15.6 Å². The van der Waals surface area contributed by atoms with Crippen molar-refractivity contribution < 1.29 is 0 Å². The highest BCUT2D eigenvalue weighted by Crippen LogP contribution is 2.33. The number of aryl methyl sites for hydroxylation is 1. The van der Waals surface area contributed by atoms with Crippen LogP contribution in [0.1, 0.15) is 24.1 Å². The standard InChI is InChI=1S/C13H11BrClN/c14-8-5-6-12-10(7-8)13(15)9-3-1-2-4-11(9)16-12/h5-7H,1-4H2. The maximum atomic E-state index is 6.47. The topological polar surface area (TPSA) is 12.9 Å². The molecule has 1 nitrogen and oxygen atoms in total. The first-order valence-electron chi connectivity index (χ1n) is 5.52. The van der Waals surface area contributed by atoms with E-state index in [2.05, 4.69) is 22.0 Å². The van der Waals surface area contributed by atoms with Crippen LogP contribution in [0.3, 0.4) is 0 Å². The smallest absolute Gasteiger partial charge is 0.0721 e. The summed E-state index contributed by atoms with van der Waals surface area (Å²) in [4.78, 5) is 4.71. The molecule has 1 aliphatic rings. The third kappa shape index (κ3) is 1.64. The van der Waals surface area contributed by atoms with Crippen molar-refractivity contribution in [2.45, 2.75) is 25.7 Å². The second-order valence-corrected chi connectivity index (χ2v) is 5.51. The van der Waals surface area contributed by atoms with Crippen molar-refractivity contribution in [1.29, 1.82) is 0 Å². The normalized spacial score (nSPS) is 15.1. The summed E-state index contributed by atoms with van der Waals surface area (Å²) in [5.74, 6) is 0. The number of halogens is 2. The van der Waals surface area contributed by atoms with E-state index in [1.807, 2.05) is 12.1 Å². The fourth-order valence-corrected chi connectivity index (χ4v) is 3.05. The lowest BCUT2D eigenvalue weighted by Crippen LogP contribution is -2.06. The van der Waals surface area contributed by atoms with Crippen LogP contribution in [-0.2, 0) is 12.8 Å². The number of nitrogens with zero attached hydrogens (tertiary/aromatic N) is 1. The molecule has 2 aromatic rings. The molecule has 1 heterocycles. The predicted octanol–water partition coefficient (Wildman–Crippen LogP) is 4.53. The number of benzene rings is 1. The SMILES string of the molecule is Clc1c2c(nc3ccc(Br)cc13)CCCC2. The van der Waals surface area contributed by atoms with Gasteiger partial charge in [0.05, 0.1) is 10.5 Å². The Bertz CT molecular complexity index is 565. The Morgan fingerprint density at radius 3 is 2.88 bits per heavy atom. The van der Waals surface area contributed by atoms with Crippen LogP contribution >= 0.6 is 27.5 Å². The van der Waals surface area contributed by atoms with Crippen molar-refractivity contribution in [3.63, 3.8) is 0 Å². The van der Waals surface area contributed by atoms with E-state index in [-0.39, 0.29) is 0 Å². The minimum Gasteiger partial charge on any atom is -0.252 e. The van der Waals surface area contributed by atoms with E-state index in [0.29, 0.717) is 0 Å². The van der Waals surface area contributed by atoms with E-state index in [9.17, 15) is 0 Å². The van der Waals surface area contributed by atoms with Gasteiger partial charge in [-0.15, -0.1) is 0 Å². The summed E-state index contributed by atoms with van der Waals surface area (Å²) in [6, 6.07) is 6.10. The van der Waals surface area contributed by atoms with Gasteiger partial charge < -0.3 is 0 Å². The lowest BCUT2D eigenvalue weighted by Gasteiger charge is -2.17. The molecule has 0 bridgehead atoms. The number of aromatic nitrogens is 1. The predicted molar refractivity (Wildman–Crippen MR) is 71.1 cm³/mol. The zero-order chi connectivity index (χ0) is 11.1. The third-order valence-electron chi connectivity index (χ3n) is 3.15. The first kappa shape index (κ1) is 10.5. The summed E-state index contributed by atoms with van der Waals surface area (Å²) in [5.41, 5.74) is 3.47. The van der Waals surface area contributed by atoms with Crippen molar-refractivity contribution in [2.24, 2.45) is 0 Å². The summed E-state index contributed by atoms with van der Waals surface area (Å²) in [6.07, 6.45) is 4.61. The molecule has 0 saturated heterocycles. The highest BCUT2D eigenvalue weighted by molar-refractivity contribution is 9.10. The summed E-state index contributed by atoms with van der Waals surface area (Å²) in [7, 11) is 0. The molecule has 0 fully saturated rings. The highest BCUT2D eigenvalue weighted by Gasteiger charge is 2.16. The molecule has 0 spiro atoms. The maximum absolute atomic E-state index is 6.47. The second kappa shape index (κ2) is 4.01. The highest BCUT2D eigenvalue weighted by atomic mass is 79.9. The molecule has 0 saturated carbocycles. The van der Waals surface area contributed by atoms with Gasteiger partial charge in [0.1, 0.15) is 0 Å². The van der Waals surface area contributed by atoms with E-state index >= 15 is 0 Å². The Balaban J connectivity index is 2.35. The molecule has 16 heavy (non-hydrogen) atoms. The minimum atomic E-state index is 0.904. The Morgan fingerprint density at radius 1 is 1.19 bits per heavy atom. The molecular formula is C13H11BrClN. The fraction of sp³-hybridized carbons (Fsp3) is 0.308. The van der Waals surface area contributed by atoms with Crippen molar-refractivity contribution in [2.75, 3.05) is 0 Å². The molecule has 0 N–H and O–H groups in total. The molecule has 0 radical (unpaired) electrons. The number of pyridine rings is 1. The molecule has 1 aromatic heterocycles. The van der Waals surface area contributed by atoms with Gasteiger partial charge in [-0.2, -0.15) is 0 Å². The number of fused-ring (bicyclic) bond motifs is 2. The van der Waals surface area contributed by atoms with E-state index in [1.165, 1.54) is 24.1 Å². The van der Waals surface area contributed by atoms with Crippen LogP contribution in [0.4, 0.5) is 0 Å². The zero-order valence-electron chi connectivity index (χ0n) is 8.76. The Labute approximate surface area is 108 Å². The monoisotopic (exact) mass is 295 g/mol. The molecule has 1 aliphatic carbocycles. The molecule has 0 atom stereocenters. The number of hydrogen-bond acceptors (Lipinski definition) is 1. The van der Waals surface area contributed by atoms with Gasteiger partial charge in [0.25, 0.3) is 0 Å². The molecule has 0 amide bonds. The summed E-state index contributed by atoms with van der Waals surface area (Å²) >= 11 is 9.95. The first-order valence-corrected chi connectivity index (χ1v) is 6.69. The van der Waals surface area contributed by atoms with E-state index in [4.69, 9.17) is 16.6 Å². The average molecular weight is 297 g/mol.